The van der Waals surface area contributed by atoms with Gasteiger partial charge in [-0.2, -0.15) is 0 Å². The minimum atomic E-state index is -1.11. The molecule has 6 heteroatoms. The first-order valence-corrected chi connectivity index (χ1v) is 7.66. The van der Waals surface area contributed by atoms with Crippen molar-refractivity contribution in [1.82, 2.24) is 0 Å². The average molecular weight is 308 g/mol. The van der Waals surface area contributed by atoms with Gasteiger partial charge in [0.1, 0.15) is 6.10 Å². The Bertz CT molecular complexity index is 267. The summed E-state index contributed by atoms with van der Waals surface area (Å²) in [6, 6.07) is 0. The molecule has 0 aromatic heterocycles. The minimum absolute atomic E-state index is 0.291. The maximum atomic E-state index is 10.2. The summed E-state index contributed by atoms with van der Waals surface area (Å²) in [6.07, 6.45) is 1.86. The van der Waals surface area contributed by atoms with Crippen molar-refractivity contribution < 1.29 is 30.6 Å². The van der Waals surface area contributed by atoms with Crippen molar-refractivity contribution >= 4 is 0 Å². The highest BCUT2D eigenvalue weighted by Crippen LogP contribution is 2.24. The third-order valence-electron chi connectivity index (χ3n) is 3.87. The van der Waals surface area contributed by atoms with Crippen LogP contribution in [0.15, 0.2) is 0 Å². The Morgan fingerprint density at radius 1 is 0.762 bits per heavy atom. The molecule has 0 aromatic rings. The van der Waals surface area contributed by atoms with E-state index >= 15 is 0 Å². The molecular formula is C15H32O6. The van der Waals surface area contributed by atoms with Gasteiger partial charge in [-0.15, -0.1) is 0 Å². The number of hydrogen-bond acceptors (Lipinski definition) is 6. The van der Waals surface area contributed by atoms with E-state index in [1.165, 1.54) is 0 Å². The molecule has 0 saturated carbocycles. The van der Waals surface area contributed by atoms with Crippen LogP contribution in [0.5, 0.6) is 0 Å². The fourth-order valence-corrected chi connectivity index (χ4v) is 2.23. The van der Waals surface area contributed by atoms with E-state index in [0.29, 0.717) is 44.9 Å². The average Bonchev–Trinajstić information content (AvgIpc) is 2.42. The number of rotatable bonds is 12. The third-order valence-corrected chi connectivity index (χ3v) is 3.87. The summed E-state index contributed by atoms with van der Waals surface area (Å²) in [5, 5.41) is 56.2. The molecule has 0 aliphatic heterocycles. The van der Waals surface area contributed by atoms with Gasteiger partial charge >= 0.3 is 0 Å². The molecule has 0 bridgehead atoms. The van der Waals surface area contributed by atoms with Crippen LogP contribution in [-0.2, 0) is 0 Å². The summed E-state index contributed by atoms with van der Waals surface area (Å²) in [5.41, 5.74) is -1.94. The largest absolute Gasteiger partial charge is 0.394 e. The van der Waals surface area contributed by atoms with Crippen molar-refractivity contribution in [3.8, 4) is 0 Å². The Labute approximate surface area is 127 Å². The fourth-order valence-electron chi connectivity index (χ4n) is 2.23. The van der Waals surface area contributed by atoms with E-state index in [1.807, 2.05) is 0 Å². The van der Waals surface area contributed by atoms with Crippen molar-refractivity contribution in [2.75, 3.05) is 13.2 Å². The molecule has 0 radical (unpaired) electrons. The van der Waals surface area contributed by atoms with Gasteiger partial charge in [0, 0.05) is 0 Å². The first-order chi connectivity index (χ1) is 9.63. The van der Waals surface area contributed by atoms with Crippen molar-refractivity contribution in [2.45, 2.75) is 82.2 Å². The molecule has 0 aliphatic rings. The lowest BCUT2D eigenvalue weighted by Gasteiger charge is -2.26. The Hall–Kier alpha value is -0.240. The van der Waals surface area contributed by atoms with Crippen LogP contribution in [0, 0.1) is 0 Å². The van der Waals surface area contributed by atoms with Crippen LogP contribution >= 0.6 is 0 Å². The van der Waals surface area contributed by atoms with Gasteiger partial charge in [-0.3, -0.25) is 0 Å². The van der Waals surface area contributed by atoms with Crippen molar-refractivity contribution in [2.24, 2.45) is 0 Å². The molecule has 4 unspecified atom stereocenters. The molecule has 0 fully saturated rings. The van der Waals surface area contributed by atoms with Crippen LogP contribution in [0.3, 0.4) is 0 Å². The van der Waals surface area contributed by atoms with E-state index in [1.54, 1.807) is 13.8 Å². The number of aliphatic hydroxyl groups is 6. The first kappa shape index (κ1) is 20.8. The van der Waals surface area contributed by atoms with Crippen molar-refractivity contribution in [1.29, 1.82) is 0 Å². The molecule has 4 atom stereocenters. The summed E-state index contributed by atoms with van der Waals surface area (Å²) < 4.78 is 0. The van der Waals surface area contributed by atoms with Gasteiger partial charge in [-0.05, 0) is 46.0 Å². The van der Waals surface area contributed by atoms with E-state index in [-0.39, 0.29) is 6.61 Å². The maximum absolute atomic E-state index is 10.2. The summed E-state index contributed by atoms with van der Waals surface area (Å²) in [5.74, 6) is 0. The van der Waals surface area contributed by atoms with Gasteiger partial charge in [0.25, 0.3) is 0 Å². The zero-order valence-electron chi connectivity index (χ0n) is 13.2. The SMILES string of the molecule is CC(O)(CO)CCCC(C)(O)CCCCC(O)C(O)CO. The maximum Gasteiger partial charge on any atom is 0.103 e. The molecule has 6 N–H and O–H groups in total. The van der Waals surface area contributed by atoms with Gasteiger partial charge in [-0.25, -0.2) is 0 Å². The third kappa shape index (κ3) is 10.2. The minimum Gasteiger partial charge on any atom is -0.394 e. The molecule has 0 aromatic carbocycles. The molecule has 21 heavy (non-hydrogen) atoms. The van der Waals surface area contributed by atoms with Gasteiger partial charge in [0.05, 0.1) is 30.5 Å². The van der Waals surface area contributed by atoms with Crippen LogP contribution in [0.4, 0.5) is 0 Å². The zero-order chi connectivity index (χ0) is 16.5. The van der Waals surface area contributed by atoms with Crippen LogP contribution in [0.1, 0.15) is 58.8 Å². The second-order valence-electron chi connectivity index (χ2n) is 6.57. The highest BCUT2D eigenvalue weighted by molar-refractivity contribution is 4.77. The lowest BCUT2D eigenvalue weighted by atomic mass is 9.89. The molecule has 0 amide bonds. The van der Waals surface area contributed by atoms with Crippen molar-refractivity contribution in [3.05, 3.63) is 0 Å². The molecule has 0 heterocycles. The highest BCUT2D eigenvalue weighted by atomic mass is 16.4. The second-order valence-corrected chi connectivity index (χ2v) is 6.57. The summed E-state index contributed by atoms with van der Waals surface area (Å²) >= 11 is 0. The highest BCUT2D eigenvalue weighted by Gasteiger charge is 2.24. The molecule has 128 valence electrons. The summed E-state index contributed by atoms with van der Waals surface area (Å²) in [4.78, 5) is 0. The summed E-state index contributed by atoms with van der Waals surface area (Å²) in [6.45, 7) is 2.55. The molecule has 6 nitrogen and oxygen atoms in total. The Balaban J connectivity index is 3.83. The number of hydrogen-bond donors (Lipinski definition) is 6. The van der Waals surface area contributed by atoms with Crippen LogP contribution in [-0.4, -0.2) is 67.3 Å². The Morgan fingerprint density at radius 3 is 1.81 bits per heavy atom. The van der Waals surface area contributed by atoms with Crippen LogP contribution in [0.2, 0.25) is 0 Å². The van der Waals surface area contributed by atoms with Crippen LogP contribution in [0.25, 0.3) is 0 Å². The fraction of sp³-hybridized carbons (Fsp3) is 1.00. The van der Waals surface area contributed by atoms with Crippen LogP contribution < -0.4 is 0 Å². The van der Waals surface area contributed by atoms with E-state index in [4.69, 9.17) is 10.2 Å². The lowest BCUT2D eigenvalue weighted by Crippen LogP contribution is -2.31. The Kier molecular flexibility index (Phi) is 9.60. The standard InChI is InChI=1S/C15H32O6/c1-14(20,8-5-9-15(2,21)11-17)7-4-3-6-12(18)13(19)10-16/h12-13,16-21H,3-11H2,1-2H3. The van der Waals surface area contributed by atoms with Gasteiger partial charge in [0.2, 0.25) is 0 Å². The van der Waals surface area contributed by atoms with E-state index in [0.717, 1.165) is 0 Å². The number of unbranched alkanes of at least 4 members (excludes halogenated alkanes) is 1. The Morgan fingerprint density at radius 2 is 1.29 bits per heavy atom. The molecule has 0 saturated heterocycles. The smallest absolute Gasteiger partial charge is 0.103 e. The monoisotopic (exact) mass is 308 g/mol. The predicted octanol–water partition coefficient (Wildman–Crippen LogP) is -0.0745. The molecule has 0 rings (SSSR count). The number of aliphatic hydroxyl groups excluding tert-OH is 4. The van der Waals surface area contributed by atoms with E-state index in [2.05, 4.69) is 0 Å². The summed E-state index contributed by atoms with van der Waals surface area (Å²) in [7, 11) is 0. The van der Waals surface area contributed by atoms with Gasteiger partial charge in [0.15, 0.2) is 0 Å². The quantitative estimate of drug-likeness (QED) is 0.281. The van der Waals surface area contributed by atoms with Gasteiger partial charge in [-0.1, -0.05) is 12.8 Å². The molecule has 0 aliphatic carbocycles. The van der Waals surface area contributed by atoms with Gasteiger partial charge < -0.3 is 30.6 Å². The van der Waals surface area contributed by atoms with Crippen molar-refractivity contribution in [3.63, 3.8) is 0 Å². The molecule has 0 spiro atoms. The predicted molar refractivity (Wildman–Crippen MR) is 79.8 cm³/mol. The lowest BCUT2D eigenvalue weighted by molar-refractivity contribution is -0.0223. The van der Waals surface area contributed by atoms with E-state index in [9.17, 15) is 20.4 Å². The first-order valence-electron chi connectivity index (χ1n) is 7.66. The molecular weight excluding hydrogens is 276 g/mol. The zero-order valence-corrected chi connectivity index (χ0v) is 13.2. The van der Waals surface area contributed by atoms with E-state index < -0.39 is 30.0 Å². The topological polar surface area (TPSA) is 121 Å². The normalized spacial score (nSPS) is 20.6. The second kappa shape index (κ2) is 9.71.